The highest BCUT2D eigenvalue weighted by Gasteiger charge is 2.25. The minimum Gasteiger partial charge on any atom is -0.356 e. The summed E-state index contributed by atoms with van der Waals surface area (Å²) in [6, 6.07) is 7.72. The second-order valence-electron chi connectivity index (χ2n) is 4.73. The van der Waals surface area contributed by atoms with Gasteiger partial charge in [0, 0.05) is 38.2 Å². The van der Waals surface area contributed by atoms with Gasteiger partial charge < -0.3 is 16.0 Å². The van der Waals surface area contributed by atoms with Crippen LogP contribution in [0.2, 0.25) is 0 Å². The predicted molar refractivity (Wildman–Crippen MR) is 73.6 cm³/mol. The van der Waals surface area contributed by atoms with Crippen LogP contribution in [0, 0.1) is 0 Å². The normalized spacial score (nSPS) is 17.8. The Bertz CT molecular complexity index is 487. The summed E-state index contributed by atoms with van der Waals surface area (Å²) in [5, 5.41) is 2.64. The van der Waals surface area contributed by atoms with Gasteiger partial charge in [-0.3, -0.25) is 9.59 Å². The topological polar surface area (TPSA) is 75.4 Å². The molecule has 2 rings (SSSR count). The van der Waals surface area contributed by atoms with E-state index in [1.165, 1.54) is 6.92 Å². The van der Waals surface area contributed by atoms with E-state index in [2.05, 4.69) is 5.32 Å². The molecule has 3 N–H and O–H groups in total. The van der Waals surface area contributed by atoms with Crippen molar-refractivity contribution >= 4 is 17.5 Å². The number of hydrogen-bond donors (Lipinski definition) is 2. The molecular weight excluding hydrogens is 242 g/mol. The molecule has 5 nitrogen and oxygen atoms in total. The molecular formula is C14H19N3O2. The molecule has 1 aliphatic rings. The van der Waals surface area contributed by atoms with Crippen molar-refractivity contribution in [1.82, 2.24) is 5.32 Å². The lowest BCUT2D eigenvalue weighted by Gasteiger charge is -2.32. The molecule has 0 fully saturated rings. The molecule has 1 aromatic rings. The van der Waals surface area contributed by atoms with E-state index in [4.69, 9.17) is 5.73 Å². The summed E-state index contributed by atoms with van der Waals surface area (Å²) in [7, 11) is 0. The number of anilines is 1. The van der Waals surface area contributed by atoms with Crippen LogP contribution in [0.15, 0.2) is 24.3 Å². The van der Waals surface area contributed by atoms with Crippen molar-refractivity contribution in [3.63, 3.8) is 0 Å². The van der Waals surface area contributed by atoms with E-state index in [0.717, 1.165) is 17.7 Å². The van der Waals surface area contributed by atoms with Crippen molar-refractivity contribution in [3.8, 4) is 0 Å². The average molecular weight is 261 g/mol. The Morgan fingerprint density at radius 1 is 1.42 bits per heavy atom. The highest BCUT2D eigenvalue weighted by molar-refractivity contribution is 5.95. The lowest BCUT2D eigenvalue weighted by atomic mass is 9.97. The molecule has 1 unspecified atom stereocenters. The Morgan fingerprint density at radius 3 is 2.89 bits per heavy atom. The maximum atomic E-state index is 12.2. The van der Waals surface area contributed by atoms with Gasteiger partial charge in [0.15, 0.2) is 0 Å². The number of para-hydroxylation sites is 1. The van der Waals surface area contributed by atoms with Gasteiger partial charge in [-0.25, -0.2) is 0 Å². The zero-order valence-electron chi connectivity index (χ0n) is 11.1. The van der Waals surface area contributed by atoms with Gasteiger partial charge in [0.25, 0.3) is 0 Å². The largest absolute Gasteiger partial charge is 0.356 e. The van der Waals surface area contributed by atoms with Crippen LogP contribution in [0.25, 0.3) is 0 Å². The molecule has 1 aromatic carbocycles. The van der Waals surface area contributed by atoms with Gasteiger partial charge in [0.2, 0.25) is 11.8 Å². The molecule has 0 saturated heterocycles. The number of fused-ring (bicyclic) bond motifs is 1. The van der Waals surface area contributed by atoms with E-state index in [0.29, 0.717) is 19.5 Å². The monoisotopic (exact) mass is 261 g/mol. The highest BCUT2D eigenvalue weighted by atomic mass is 16.2. The Hall–Kier alpha value is -1.88. The third-order valence-electron chi connectivity index (χ3n) is 3.30. The van der Waals surface area contributed by atoms with Crippen LogP contribution in [0.5, 0.6) is 0 Å². The number of amides is 2. The first-order valence-corrected chi connectivity index (χ1v) is 6.49. The summed E-state index contributed by atoms with van der Waals surface area (Å²) in [6.45, 7) is 2.45. The number of carbonyl (C=O) groups excluding carboxylic acids is 2. The fourth-order valence-corrected chi connectivity index (χ4v) is 2.33. The number of rotatable bonds is 3. The van der Waals surface area contributed by atoms with Crippen molar-refractivity contribution in [2.24, 2.45) is 5.73 Å². The smallest absolute Gasteiger partial charge is 0.228 e. The van der Waals surface area contributed by atoms with Crippen molar-refractivity contribution < 1.29 is 9.59 Å². The first-order chi connectivity index (χ1) is 9.09. The molecule has 5 heteroatoms. The van der Waals surface area contributed by atoms with Gasteiger partial charge >= 0.3 is 0 Å². The minimum absolute atomic E-state index is 0.00408. The summed E-state index contributed by atoms with van der Waals surface area (Å²) in [4.78, 5) is 24.7. The Kier molecular flexibility index (Phi) is 4.16. The second-order valence-corrected chi connectivity index (χ2v) is 4.73. The number of nitrogens with one attached hydrogen (secondary N) is 1. The average Bonchev–Trinajstić information content (AvgIpc) is 2.39. The maximum Gasteiger partial charge on any atom is 0.228 e. The quantitative estimate of drug-likeness (QED) is 0.850. The summed E-state index contributed by atoms with van der Waals surface area (Å²) in [6.07, 6.45) is 1.08. The second kappa shape index (κ2) is 5.84. The third-order valence-corrected chi connectivity index (χ3v) is 3.30. The van der Waals surface area contributed by atoms with Crippen molar-refractivity contribution in [3.05, 3.63) is 29.8 Å². The van der Waals surface area contributed by atoms with E-state index in [1.54, 1.807) is 4.90 Å². The van der Waals surface area contributed by atoms with Crippen molar-refractivity contribution in [2.45, 2.75) is 25.8 Å². The third kappa shape index (κ3) is 3.12. The van der Waals surface area contributed by atoms with Gasteiger partial charge in [-0.1, -0.05) is 18.2 Å². The first-order valence-electron chi connectivity index (χ1n) is 6.49. The maximum absolute atomic E-state index is 12.2. The lowest BCUT2D eigenvalue weighted by molar-refractivity contribution is -0.120. The number of nitrogens with two attached hydrogens (primary N) is 1. The predicted octanol–water partition coefficient (Wildman–Crippen LogP) is 0.949. The van der Waals surface area contributed by atoms with Crippen LogP contribution in [-0.4, -0.2) is 24.9 Å². The molecule has 1 aliphatic heterocycles. The SMILES string of the molecule is CC(=O)NCCC(=O)N1CCC(N)c2ccccc21. The molecule has 102 valence electrons. The lowest BCUT2D eigenvalue weighted by Crippen LogP contribution is -2.39. The van der Waals surface area contributed by atoms with Crippen LogP contribution in [0.3, 0.4) is 0 Å². The standard InChI is InChI=1S/C14H19N3O2/c1-10(18)16-8-6-14(19)17-9-7-12(15)11-4-2-3-5-13(11)17/h2-5,12H,6-9,15H2,1H3,(H,16,18). The number of benzene rings is 1. The number of hydrogen-bond acceptors (Lipinski definition) is 3. The summed E-state index contributed by atoms with van der Waals surface area (Å²) in [5.74, 6) is -0.0954. The van der Waals surface area contributed by atoms with Gasteiger partial charge in [0.1, 0.15) is 0 Å². The zero-order valence-corrected chi connectivity index (χ0v) is 11.1. The summed E-state index contributed by atoms with van der Waals surface area (Å²) < 4.78 is 0. The van der Waals surface area contributed by atoms with E-state index in [9.17, 15) is 9.59 Å². The molecule has 0 spiro atoms. The molecule has 1 atom stereocenters. The molecule has 0 radical (unpaired) electrons. The molecule has 0 aliphatic carbocycles. The number of nitrogens with zero attached hydrogens (tertiary/aromatic N) is 1. The summed E-state index contributed by atoms with van der Waals surface area (Å²) >= 11 is 0. The van der Waals surface area contributed by atoms with Crippen LogP contribution >= 0.6 is 0 Å². The first kappa shape index (κ1) is 13.5. The Balaban J connectivity index is 2.07. The molecule has 0 saturated carbocycles. The molecule has 1 heterocycles. The molecule has 2 amide bonds. The minimum atomic E-state index is -0.117. The van der Waals surface area contributed by atoms with Gasteiger partial charge in [-0.15, -0.1) is 0 Å². The van der Waals surface area contributed by atoms with Gasteiger partial charge in [-0.2, -0.15) is 0 Å². The Labute approximate surface area is 112 Å². The van der Waals surface area contributed by atoms with E-state index < -0.39 is 0 Å². The van der Waals surface area contributed by atoms with Crippen LogP contribution in [0.1, 0.15) is 31.4 Å². The fraction of sp³-hybridized carbons (Fsp3) is 0.429. The Morgan fingerprint density at radius 2 is 2.16 bits per heavy atom. The van der Waals surface area contributed by atoms with E-state index in [1.807, 2.05) is 24.3 Å². The van der Waals surface area contributed by atoms with Crippen LogP contribution in [-0.2, 0) is 9.59 Å². The fourth-order valence-electron chi connectivity index (χ4n) is 2.33. The molecule has 0 bridgehead atoms. The summed E-state index contributed by atoms with van der Waals surface area (Å²) in [5.41, 5.74) is 7.97. The van der Waals surface area contributed by atoms with E-state index >= 15 is 0 Å². The van der Waals surface area contributed by atoms with Gasteiger partial charge in [0.05, 0.1) is 0 Å². The highest BCUT2D eigenvalue weighted by Crippen LogP contribution is 2.32. The van der Waals surface area contributed by atoms with E-state index in [-0.39, 0.29) is 17.9 Å². The molecule has 0 aromatic heterocycles. The van der Waals surface area contributed by atoms with Crippen LogP contribution < -0.4 is 16.0 Å². The van der Waals surface area contributed by atoms with Crippen molar-refractivity contribution in [1.29, 1.82) is 0 Å². The van der Waals surface area contributed by atoms with Crippen molar-refractivity contribution in [2.75, 3.05) is 18.0 Å². The zero-order chi connectivity index (χ0) is 13.8. The molecule has 19 heavy (non-hydrogen) atoms. The van der Waals surface area contributed by atoms with Gasteiger partial charge in [-0.05, 0) is 18.1 Å². The number of carbonyl (C=O) groups is 2. The van der Waals surface area contributed by atoms with Crippen LogP contribution in [0.4, 0.5) is 5.69 Å².